The first-order chi connectivity index (χ1) is 33.7. The molecule has 2 nitrogen and oxygen atoms in total. The Hall–Kier alpha value is -8.98. The zero-order valence-electron chi connectivity index (χ0n) is 37.3. The highest BCUT2D eigenvalue weighted by molar-refractivity contribution is 6.06. The second-order valence-corrected chi connectivity index (χ2v) is 17.7. The molecule has 0 amide bonds. The van der Waals surface area contributed by atoms with Crippen LogP contribution in [0.2, 0.25) is 0 Å². The first kappa shape index (κ1) is 39.4. The Balaban J connectivity index is 0.960. The number of para-hydroxylation sites is 2. The average molecular weight is 865 g/mol. The lowest BCUT2D eigenvalue weighted by Crippen LogP contribution is -2.11. The summed E-state index contributed by atoms with van der Waals surface area (Å²) >= 11 is 0. The Kier molecular flexibility index (Phi) is 9.54. The minimum atomic E-state index is 1.11. The van der Waals surface area contributed by atoms with Gasteiger partial charge in [-0.25, -0.2) is 0 Å². The number of benzene rings is 11. The summed E-state index contributed by atoms with van der Waals surface area (Å²) in [5.41, 5.74) is 26.0. The molecule has 0 aromatic heterocycles. The van der Waals surface area contributed by atoms with Crippen molar-refractivity contribution in [2.45, 2.75) is 0 Å². The van der Waals surface area contributed by atoms with Gasteiger partial charge in [0.1, 0.15) is 0 Å². The van der Waals surface area contributed by atoms with Crippen molar-refractivity contribution in [3.63, 3.8) is 0 Å². The van der Waals surface area contributed by atoms with E-state index in [1.807, 2.05) is 0 Å². The zero-order valence-corrected chi connectivity index (χ0v) is 37.3. The second kappa shape index (κ2) is 16.5. The van der Waals surface area contributed by atoms with Crippen molar-refractivity contribution in [2.24, 2.45) is 0 Å². The molecular formula is C66H44N2. The van der Waals surface area contributed by atoms with Crippen LogP contribution in [0, 0.1) is 0 Å². The van der Waals surface area contributed by atoms with Crippen molar-refractivity contribution in [2.75, 3.05) is 9.80 Å². The van der Waals surface area contributed by atoms with Gasteiger partial charge in [-0.05, 0) is 121 Å². The molecule has 68 heavy (non-hydrogen) atoms. The van der Waals surface area contributed by atoms with Crippen molar-refractivity contribution < 1.29 is 0 Å². The van der Waals surface area contributed by atoms with E-state index in [0.717, 1.165) is 45.3 Å². The fraction of sp³-hybridized carbons (Fsp3) is 0. The van der Waals surface area contributed by atoms with Crippen LogP contribution in [0.3, 0.4) is 0 Å². The van der Waals surface area contributed by atoms with E-state index in [0.29, 0.717) is 0 Å². The third-order valence-corrected chi connectivity index (χ3v) is 13.8. The molecule has 0 aliphatic carbocycles. The van der Waals surface area contributed by atoms with Crippen LogP contribution in [0.1, 0.15) is 0 Å². The quantitative estimate of drug-likeness (QED) is 0.164. The van der Waals surface area contributed by atoms with Gasteiger partial charge in [-0.2, -0.15) is 0 Å². The van der Waals surface area contributed by atoms with Gasteiger partial charge in [0, 0.05) is 33.6 Å². The normalized spacial score (nSPS) is 12.1. The van der Waals surface area contributed by atoms with Crippen molar-refractivity contribution >= 4 is 34.1 Å². The number of rotatable bonds is 6. The van der Waals surface area contributed by atoms with Gasteiger partial charge in [-0.3, -0.25) is 0 Å². The molecule has 318 valence electrons. The summed E-state index contributed by atoms with van der Waals surface area (Å²) in [4.78, 5) is 4.92. The lowest BCUT2D eigenvalue weighted by atomic mass is 9.91. The molecule has 0 bridgehead atoms. The van der Waals surface area contributed by atoms with Crippen LogP contribution in [-0.4, -0.2) is 0 Å². The molecule has 0 saturated heterocycles. The third kappa shape index (κ3) is 6.73. The van der Waals surface area contributed by atoms with Gasteiger partial charge >= 0.3 is 0 Å². The topological polar surface area (TPSA) is 6.48 Å². The number of anilines is 6. The van der Waals surface area contributed by atoms with E-state index in [9.17, 15) is 0 Å². The lowest BCUT2D eigenvalue weighted by Gasteiger charge is -2.29. The SMILES string of the molecule is c1ccc(-c2ccc(-c3ccc(N4c5ccccc5-c5ccccc5-c5ccc(-c6ccc7c(c6)-c6ccccc6-c6ccccc6N7c6cccc(-c7ccccc7)c6)cc54)cc3)cc2)cc1. The standard InChI is InChI=1S/C66H44N2/c1-3-16-45(17-4-1)47-30-32-48(33-31-47)49-34-38-53(39-35-49)67-63-28-13-11-26-59(63)55-22-7-8-23-56(55)61-40-36-52(44-66(61)67)51-37-41-65-62(43-51)58-25-10-9-24-57(58)60-27-12-14-29-64(60)68(65)54-21-15-20-50(42-54)46-18-5-2-6-19-46/h1-44H. The predicted molar refractivity (Wildman–Crippen MR) is 286 cm³/mol. The van der Waals surface area contributed by atoms with Crippen LogP contribution < -0.4 is 9.80 Å². The van der Waals surface area contributed by atoms with E-state index < -0.39 is 0 Å². The average Bonchev–Trinajstić information content (AvgIpc) is 3.62. The van der Waals surface area contributed by atoms with E-state index in [1.165, 1.54) is 77.9 Å². The van der Waals surface area contributed by atoms with Gasteiger partial charge in [0.15, 0.2) is 0 Å². The molecule has 0 fully saturated rings. The largest absolute Gasteiger partial charge is 0.309 e. The van der Waals surface area contributed by atoms with E-state index in [2.05, 4.69) is 277 Å². The van der Waals surface area contributed by atoms with E-state index in [4.69, 9.17) is 0 Å². The minimum absolute atomic E-state index is 1.11. The highest BCUT2D eigenvalue weighted by Gasteiger charge is 2.29. The lowest BCUT2D eigenvalue weighted by molar-refractivity contribution is 1.29. The summed E-state index contributed by atoms with van der Waals surface area (Å²) in [6.45, 7) is 0. The molecule has 0 spiro atoms. The van der Waals surface area contributed by atoms with Gasteiger partial charge in [-0.15, -0.1) is 0 Å². The molecule has 0 radical (unpaired) electrons. The predicted octanol–water partition coefficient (Wildman–Crippen LogP) is 18.6. The Morgan fingerprint density at radius 1 is 0.162 bits per heavy atom. The zero-order chi connectivity index (χ0) is 45.0. The molecule has 0 unspecified atom stereocenters. The molecular weight excluding hydrogens is 821 g/mol. The Labute approximate surface area is 398 Å². The van der Waals surface area contributed by atoms with Crippen LogP contribution >= 0.6 is 0 Å². The summed E-state index contributed by atoms with van der Waals surface area (Å²) in [7, 11) is 0. The first-order valence-corrected chi connectivity index (χ1v) is 23.4. The maximum absolute atomic E-state index is 2.47. The van der Waals surface area contributed by atoms with Crippen molar-refractivity contribution in [1.82, 2.24) is 0 Å². The van der Waals surface area contributed by atoms with E-state index in [1.54, 1.807) is 0 Å². The van der Waals surface area contributed by atoms with Crippen LogP contribution in [-0.2, 0) is 0 Å². The molecule has 13 rings (SSSR count). The van der Waals surface area contributed by atoms with Crippen molar-refractivity contribution in [1.29, 1.82) is 0 Å². The monoisotopic (exact) mass is 864 g/mol. The Bertz CT molecular complexity index is 3670. The first-order valence-electron chi connectivity index (χ1n) is 23.4. The maximum Gasteiger partial charge on any atom is 0.0546 e. The van der Waals surface area contributed by atoms with Crippen LogP contribution in [0.25, 0.3) is 89.0 Å². The van der Waals surface area contributed by atoms with Crippen molar-refractivity contribution in [3.8, 4) is 89.0 Å². The minimum Gasteiger partial charge on any atom is -0.309 e. The molecule has 0 atom stereocenters. The van der Waals surface area contributed by atoms with Gasteiger partial charge in [-0.1, -0.05) is 212 Å². The number of nitrogens with zero attached hydrogens (tertiary/aromatic N) is 2. The van der Waals surface area contributed by atoms with Crippen LogP contribution in [0.5, 0.6) is 0 Å². The molecule has 2 aliphatic heterocycles. The van der Waals surface area contributed by atoms with E-state index >= 15 is 0 Å². The molecule has 0 N–H and O–H groups in total. The summed E-state index contributed by atoms with van der Waals surface area (Å²) in [5, 5.41) is 0. The smallest absolute Gasteiger partial charge is 0.0546 e. The molecule has 0 saturated carbocycles. The molecule has 2 heterocycles. The number of hydrogen-bond acceptors (Lipinski definition) is 2. The van der Waals surface area contributed by atoms with Crippen molar-refractivity contribution in [3.05, 3.63) is 267 Å². The van der Waals surface area contributed by atoms with Gasteiger partial charge < -0.3 is 9.80 Å². The molecule has 11 aromatic carbocycles. The highest BCUT2D eigenvalue weighted by atomic mass is 15.2. The fourth-order valence-electron chi connectivity index (χ4n) is 10.5. The van der Waals surface area contributed by atoms with Crippen LogP contribution in [0.15, 0.2) is 267 Å². The highest BCUT2D eigenvalue weighted by Crippen LogP contribution is 2.54. The third-order valence-electron chi connectivity index (χ3n) is 13.8. The molecule has 2 aliphatic rings. The maximum atomic E-state index is 2.47. The Morgan fingerprint density at radius 2 is 0.515 bits per heavy atom. The van der Waals surface area contributed by atoms with Gasteiger partial charge in [0.05, 0.1) is 22.7 Å². The molecule has 11 aromatic rings. The van der Waals surface area contributed by atoms with Gasteiger partial charge in [0.25, 0.3) is 0 Å². The number of hydrogen-bond donors (Lipinski definition) is 0. The summed E-state index contributed by atoms with van der Waals surface area (Å²) < 4.78 is 0. The summed E-state index contributed by atoms with van der Waals surface area (Å²) in [5.74, 6) is 0. The summed E-state index contributed by atoms with van der Waals surface area (Å²) in [6, 6.07) is 97.7. The Morgan fingerprint density at radius 3 is 1.09 bits per heavy atom. The second-order valence-electron chi connectivity index (χ2n) is 17.7. The number of fused-ring (bicyclic) bond motifs is 10. The molecule has 2 heteroatoms. The summed E-state index contributed by atoms with van der Waals surface area (Å²) in [6.07, 6.45) is 0. The van der Waals surface area contributed by atoms with E-state index in [-0.39, 0.29) is 0 Å². The fourth-order valence-corrected chi connectivity index (χ4v) is 10.5. The van der Waals surface area contributed by atoms with Gasteiger partial charge in [0.2, 0.25) is 0 Å². The van der Waals surface area contributed by atoms with Crippen LogP contribution in [0.4, 0.5) is 34.1 Å².